The summed E-state index contributed by atoms with van der Waals surface area (Å²) in [4.78, 5) is 130. The summed E-state index contributed by atoms with van der Waals surface area (Å²) in [6.45, 7) is 13.0. The van der Waals surface area contributed by atoms with Crippen molar-refractivity contribution in [3.63, 3.8) is 0 Å². The monoisotopic (exact) mass is 2030 g/mol. The molecule has 8 amide bonds. The highest BCUT2D eigenvalue weighted by Gasteiger charge is 2.55. The molecule has 4 saturated heterocycles. The summed E-state index contributed by atoms with van der Waals surface area (Å²) in [5.74, 6) is 10.6. The number of urea groups is 1. The van der Waals surface area contributed by atoms with E-state index in [-0.39, 0.29) is 103 Å². The van der Waals surface area contributed by atoms with Crippen molar-refractivity contribution in [2.45, 2.75) is 290 Å². The van der Waals surface area contributed by atoms with Gasteiger partial charge in [0.1, 0.15) is 61.4 Å². The van der Waals surface area contributed by atoms with E-state index in [1.807, 2.05) is 33.4 Å². The van der Waals surface area contributed by atoms with Crippen LogP contribution in [0.15, 0.2) is 59.3 Å². The molecule has 2 aromatic carbocycles. The number of halogens is 1. The first-order valence-electron chi connectivity index (χ1n) is 44.9. The van der Waals surface area contributed by atoms with Gasteiger partial charge in [0.15, 0.2) is 41.8 Å². The number of thioether (sulfide) groups is 1. The number of nitrogens with two attached hydrogens (primary N) is 2. The van der Waals surface area contributed by atoms with Gasteiger partial charge in [-0.25, -0.2) is 14.4 Å². The van der Waals surface area contributed by atoms with Crippen LogP contribution in [0.3, 0.4) is 0 Å². The maximum atomic E-state index is 14.7. The highest BCUT2D eigenvalue weighted by atomic mass is 127. The van der Waals surface area contributed by atoms with Gasteiger partial charge in [0.05, 0.1) is 97.0 Å². The standard InChI is InChI=1S/C91H127IN10O28S3/c1-14-102(89(115)123-43-51-25-27-55(28-26-51)97-81(109)58(23-21-32-95-87(94)113)98-83(111)69(45(2)3)99-82(110)57(96-50(8)103)22-18-20-31-93)59-44-122-64(38-63(59)117-9)128-78-73(107)70(101-130-65-37-60(104)80(49(7)124-65)132-84(112)66-46(4)68(92)76(79(120-12)75(66)118-10)129-85-74(108)77(119-11)72(106)48(6)126-85)47(5)125-86(78)127-62-24-17-15-16-19-30-91(116)42-61(105)71(100-88(114)121-13)67(62)56(91)29-33-131-133-90-39-52-34-53(40-90)36-54(35-52)41-90/h15-16,25-29,45,47-49,52-54,57-60,62-65,69-70,72-74,77-78,80,85-86,101,104,106-108,116H,14,18,20-23,31-44,93H2,1-13H3,(H,96,103)(H,97,109)(H,98,111)(H,99,110)(H,100,114)(H3,94,95,113)/b16-15-,56-29+/t47-,48+,49-,52?,53?,54?,57+,58+,59+,60+,62+,63+,64+,65+,69+,70-,72+,73+,74-,77-,78-,80-,85+,86+,90?,91+/m1/s1. The Labute approximate surface area is 799 Å². The summed E-state index contributed by atoms with van der Waals surface area (Å²) in [6, 6.07) is 0.260. The first-order chi connectivity index (χ1) is 63.5. The van der Waals surface area contributed by atoms with Crippen LogP contribution in [0.2, 0.25) is 0 Å². The number of ether oxygens (including phenoxy) is 13. The lowest BCUT2D eigenvalue weighted by molar-refractivity contribution is -0.337. The van der Waals surface area contributed by atoms with Crippen molar-refractivity contribution in [2.24, 2.45) is 35.1 Å². The number of allylic oxidation sites excluding steroid dienone is 3. The predicted molar refractivity (Wildman–Crippen MR) is 497 cm³/mol. The Morgan fingerprint density at radius 3 is 2.06 bits per heavy atom. The molecule has 42 heteroatoms. The summed E-state index contributed by atoms with van der Waals surface area (Å²) in [5.41, 5.74) is 12.8. The van der Waals surface area contributed by atoms with Crippen LogP contribution in [0.5, 0.6) is 17.2 Å². The lowest BCUT2D eigenvalue weighted by Crippen LogP contribution is -2.65. The quantitative estimate of drug-likeness (QED) is 0.0127. The molecule has 0 spiro atoms. The number of alkyl carbamates (subject to hydrolysis) is 1. The fourth-order valence-corrected chi connectivity index (χ4v) is 24.0. The molecule has 0 unspecified atom stereocenters. The summed E-state index contributed by atoms with van der Waals surface area (Å²) in [6.07, 6.45) is -8.37. The number of hydrogen-bond acceptors (Lipinski definition) is 33. The van der Waals surface area contributed by atoms with E-state index in [9.17, 15) is 68.7 Å². The number of rotatable bonds is 40. The number of primary amides is 1. The Morgan fingerprint density at radius 1 is 0.752 bits per heavy atom. The molecular formula is C91H127IN10O28S3. The molecule has 38 nitrogen and oxygen atoms in total. The molecule has 133 heavy (non-hydrogen) atoms. The minimum atomic E-state index is -2.16. The number of fused-ring (bicyclic) bond motifs is 2. The number of nitrogens with one attached hydrogen (secondary N) is 7. The molecule has 16 N–H and O–H groups in total. The second kappa shape index (κ2) is 48.6. The highest BCUT2D eigenvalue weighted by molar-refractivity contribution is 14.1. The third-order valence-corrected chi connectivity index (χ3v) is 31.2. The predicted octanol–water partition coefficient (Wildman–Crippen LogP) is 5.58. The van der Waals surface area contributed by atoms with Crippen LogP contribution in [0, 0.1) is 57.8 Å². The average Bonchev–Trinajstić information content (AvgIpc) is 0.752. The minimum absolute atomic E-state index is 0.00450. The fraction of sp³-hybridized carbons (Fsp3) is 0.659. The number of ketones is 1. The molecule has 4 aliphatic heterocycles. The number of methoxy groups -OCH3 is 5. The van der Waals surface area contributed by atoms with E-state index in [1.165, 1.54) is 71.7 Å². The number of amides is 8. The van der Waals surface area contributed by atoms with Crippen LogP contribution < -0.4 is 63.1 Å². The van der Waals surface area contributed by atoms with E-state index in [1.54, 1.807) is 89.6 Å². The van der Waals surface area contributed by atoms with Crippen molar-refractivity contribution in [1.29, 1.82) is 0 Å². The molecule has 10 aliphatic rings. The van der Waals surface area contributed by atoms with Gasteiger partial charge in [-0.1, -0.05) is 89.1 Å². The zero-order valence-corrected chi connectivity index (χ0v) is 81.6. The van der Waals surface area contributed by atoms with Crippen molar-refractivity contribution in [3.8, 4) is 40.9 Å². The number of benzene rings is 2. The van der Waals surface area contributed by atoms with Crippen LogP contribution in [-0.4, -0.2) is 289 Å². The molecule has 6 bridgehead atoms. The van der Waals surface area contributed by atoms with Gasteiger partial charge in [0.25, 0.3) is 0 Å². The molecule has 12 rings (SSSR count). The Kier molecular flexibility index (Phi) is 38.6. The van der Waals surface area contributed by atoms with E-state index in [2.05, 4.69) is 61.1 Å². The van der Waals surface area contributed by atoms with E-state index in [0.717, 1.165) is 38.1 Å². The van der Waals surface area contributed by atoms with Gasteiger partial charge < -0.3 is 130 Å². The van der Waals surface area contributed by atoms with Gasteiger partial charge in [-0.3, -0.25) is 38.9 Å². The Morgan fingerprint density at radius 2 is 1.43 bits per heavy atom. The number of aliphatic hydroxyl groups is 5. The molecule has 4 saturated carbocycles. The maximum Gasteiger partial charge on any atom is 0.411 e. The summed E-state index contributed by atoms with van der Waals surface area (Å²) in [5, 5.41) is 74.4. The number of likely N-dealkylation sites (N-methyl/N-ethyl adjacent to an activating group) is 1. The summed E-state index contributed by atoms with van der Waals surface area (Å²) < 4.78 is 80.3. The van der Waals surface area contributed by atoms with Crippen molar-refractivity contribution >= 4 is 114 Å². The Bertz CT molecular complexity index is 4640. The number of hydrogen-bond donors (Lipinski definition) is 14. The SMILES string of the molecule is CCN(C(=O)OCc1ccc(NC(=O)[C@H](CCCNC(N)=O)NC(=O)[C@@H](NC(=O)[C@H](CCCCN)NC(C)=O)C(C)C)cc1)[C@H]1CO[C@@H](O[C@H]2[C@H](O[C@H]3C#C/C=C\C#C[C@]4(O)CC(=O)C(NC(=O)OC)=C3/C4=C\CSSC34CC5CC(CC(C5)C3)C4)O[C@H](C)[C@@H](NO[C@H]3C[C@H](O)[C@H](SC(=O)c4c(C)c(I)c(O[C@@H]5O[C@@H](C)[C@H](O)[C@@H](OC)[C@H]5O)c(OC)c4OC)[C@@H](C)O3)[C@@H]2O)C[C@@H]1OC. The van der Waals surface area contributed by atoms with E-state index in [0.29, 0.717) is 63.3 Å². The first kappa shape index (κ1) is 106. The third kappa shape index (κ3) is 26.4. The Balaban J connectivity index is 0.803. The number of Topliss-reactive ketones (excluding diaryl/α,β-unsaturated/α-hetero) is 1. The van der Waals surface area contributed by atoms with Crippen LogP contribution in [0.4, 0.5) is 20.1 Å². The average molecular weight is 2030 g/mol. The Hall–Kier alpha value is -7.65. The molecule has 2 aromatic rings. The number of aliphatic hydroxyl groups excluding tert-OH is 4. The first-order valence-corrected chi connectivity index (χ1v) is 49.2. The highest BCUT2D eigenvalue weighted by Crippen LogP contribution is 2.63. The fourth-order valence-electron chi connectivity index (χ4n) is 19.0. The van der Waals surface area contributed by atoms with Crippen LogP contribution >= 0.6 is 55.9 Å². The molecule has 0 aromatic heterocycles. The van der Waals surface area contributed by atoms with E-state index >= 15 is 0 Å². The lowest BCUT2D eigenvalue weighted by Gasteiger charge is -2.56. The van der Waals surface area contributed by atoms with Crippen molar-refractivity contribution in [2.75, 3.05) is 72.9 Å². The lowest BCUT2D eigenvalue weighted by atomic mass is 9.56. The van der Waals surface area contributed by atoms with Crippen molar-refractivity contribution in [3.05, 3.63) is 79.6 Å². The van der Waals surface area contributed by atoms with Gasteiger partial charge in [0.2, 0.25) is 40.8 Å². The van der Waals surface area contributed by atoms with Crippen LogP contribution in [0.1, 0.15) is 160 Å². The molecule has 8 fully saturated rings. The van der Waals surface area contributed by atoms with Crippen LogP contribution in [0.25, 0.3) is 0 Å². The largest absolute Gasteiger partial charge is 0.492 e. The molecule has 0 radical (unpaired) electrons. The summed E-state index contributed by atoms with van der Waals surface area (Å²) in [7, 11) is 10.1. The molecule has 22 atom stereocenters. The smallest absolute Gasteiger partial charge is 0.411 e. The zero-order valence-electron chi connectivity index (χ0n) is 76.9. The zero-order chi connectivity index (χ0) is 96.4. The molecule has 6 aliphatic carbocycles. The number of unbranched alkanes of at least 4 members (excludes halogenated alkanes) is 1. The number of hydroxylamine groups is 1. The van der Waals surface area contributed by atoms with Crippen molar-refractivity contribution in [1.82, 2.24) is 37.0 Å². The van der Waals surface area contributed by atoms with E-state index in [4.69, 9.17) is 77.9 Å². The van der Waals surface area contributed by atoms with Gasteiger partial charge in [-0.2, -0.15) is 5.48 Å². The number of carbonyl (C=O) groups is 9. The van der Waals surface area contributed by atoms with Crippen molar-refractivity contribution < 1.29 is 135 Å². The van der Waals surface area contributed by atoms with Gasteiger partial charge in [0, 0.05) is 74.4 Å². The number of carbonyl (C=O) groups excluding carboxylic acids is 9. The maximum absolute atomic E-state index is 14.7. The topological polar surface area (TPSA) is 523 Å². The molecular weight excluding hydrogens is 1900 g/mol. The second-order valence-corrected chi connectivity index (χ2v) is 40.3. The van der Waals surface area contributed by atoms with Gasteiger partial charge in [-0.15, -0.1) is 0 Å². The third-order valence-electron chi connectivity index (χ3n) is 25.4. The van der Waals surface area contributed by atoms with Crippen LogP contribution in [-0.2, 0) is 82.8 Å². The van der Waals surface area contributed by atoms with E-state index < -0.39 is 198 Å². The number of anilines is 1. The molecule has 4 heterocycles. The normalized spacial score (nSPS) is 31.6. The second-order valence-electron chi connectivity index (χ2n) is 35.2. The van der Waals surface area contributed by atoms with Gasteiger partial charge in [-0.05, 0) is 193 Å². The number of nitrogens with zero attached hydrogens (tertiary/aromatic N) is 1. The molecule has 734 valence electrons. The minimum Gasteiger partial charge on any atom is -0.492 e. The van der Waals surface area contributed by atoms with Gasteiger partial charge >= 0.3 is 18.2 Å². The summed E-state index contributed by atoms with van der Waals surface area (Å²) >= 11 is 2.77.